The molecule has 0 bridgehead atoms. The predicted molar refractivity (Wildman–Crippen MR) is 68.8 cm³/mol. The summed E-state index contributed by atoms with van der Waals surface area (Å²) in [4.78, 5) is 11.1. The van der Waals surface area contributed by atoms with Crippen LogP contribution in [0.5, 0.6) is 0 Å². The third-order valence-corrected chi connectivity index (χ3v) is 3.11. The van der Waals surface area contributed by atoms with Gasteiger partial charge in [-0.05, 0) is 0 Å². The monoisotopic (exact) mass is 252 g/mol. The Labute approximate surface area is 106 Å². The molecule has 1 aliphatic heterocycles. The first-order valence-corrected chi connectivity index (χ1v) is 6.03. The molecule has 0 aliphatic carbocycles. The minimum atomic E-state index is -0.0307. The Balaban J connectivity index is 2.05. The Morgan fingerprint density at radius 3 is 2.82 bits per heavy atom. The van der Waals surface area contributed by atoms with E-state index in [2.05, 4.69) is 14.9 Å². The van der Waals surface area contributed by atoms with Crippen molar-refractivity contribution in [2.24, 2.45) is 5.73 Å². The van der Waals surface area contributed by atoms with Gasteiger partial charge in [-0.1, -0.05) is 12.2 Å². The molecule has 1 saturated heterocycles. The Bertz CT molecular complexity index is 367. The minimum absolute atomic E-state index is 0.0307. The van der Waals surface area contributed by atoms with Gasteiger partial charge >= 0.3 is 0 Å². The number of rotatable bonds is 4. The highest BCUT2D eigenvalue weighted by molar-refractivity contribution is 7.80. The molecular weight excluding hydrogens is 236 g/mol. The summed E-state index contributed by atoms with van der Waals surface area (Å²) in [6, 6.07) is 0. The smallest absolute Gasteiger partial charge is 0.0832 e. The molecule has 17 heavy (non-hydrogen) atoms. The van der Waals surface area contributed by atoms with E-state index in [0.717, 1.165) is 38.5 Å². The maximum atomic E-state index is 5.79. The number of hydrogen-bond acceptors (Lipinski definition) is 5. The molecule has 1 unspecified atom stereocenters. The molecule has 1 aliphatic rings. The minimum Gasteiger partial charge on any atom is -0.393 e. The highest BCUT2D eigenvalue weighted by Gasteiger charge is 2.21. The van der Waals surface area contributed by atoms with Gasteiger partial charge in [-0.2, -0.15) is 0 Å². The van der Waals surface area contributed by atoms with Crippen molar-refractivity contribution < 1.29 is 4.74 Å². The predicted octanol–water partition coefficient (Wildman–Crippen LogP) is 0.178. The molecule has 1 aromatic heterocycles. The normalized spacial score (nSPS) is 18.8. The van der Waals surface area contributed by atoms with Crippen LogP contribution in [-0.2, 0) is 4.74 Å². The van der Waals surface area contributed by atoms with Crippen LogP contribution >= 0.6 is 12.2 Å². The zero-order chi connectivity index (χ0) is 12.1. The fraction of sp³-hybridized carbons (Fsp3) is 0.545. The fourth-order valence-corrected chi connectivity index (χ4v) is 2.06. The van der Waals surface area contributed by atoms with E-state index in [4.69, 9.17) is 22.7 Å². The van der Waals surface area contributed by atoms with Crippen molar-refractivity contribution in [2.45, 2.75) is 5.92 Å². The zero-order valence-electron chi connectivity index (χ0n) is 9.58. The molecule has 5 nitrogen and oxygen atoms in total. The topological polar surface area (TPSA) is 64.3 Å². The highest BCUT2D eigenvalue weighted by atomic mass is 32.1. The van der Waals surface area contributed by atoms with Crippen molar-refractivity contribution in [3.05, 3.63) is 24.3 Å². The fourth-order valence-electron chi connectivity index (χ4n) is 1.86. The SMILES string of the molecule is NC(=S)C(CN1CCOCC1)c1cnccn1. The average molecular weight is 252 g/mol. The van der Waals surface area contributed by atoms with E-state index in [9.17, 15) is 0 Å². The lowest BCUT2D eigenvalue weighted by Crippen LogP contribution is -2.41. The highest BCUT2D eigenvalue weighted by Crippen LogP contribution is 2.15. The van der Waals surface area contributed by atoms with Gasteiger partial charge in [0.2, 0.25) is 0 Å². The first kappa shape index (κ1) is 12.3. The van der Waals surface area contributed by atoms with E-state index in [1.165, 1.54) is 0 Å². The number of ether oxygens (including phenoxy) is 1. The maximum absolute atomic E-state index is 5.79. The number of hydrogen-bond donors (Lipinski definition) is 1. The van der Waals surface area contributed by atoms with Crippen LogP contribution in [-0.4, -0.2) is 52.7 Å². The summed E-state index contributed by atoms with van der Waals surface area (Å²) in [5.74, 6) is -0.0307. The third kappa shape index (κ3) is 3.42. The summed E-state index contributed by atoms with van der Waals surface area (Å²) in [6.07, 6.45) is 5.04. The lowest BCUT2D eigenvalue weighted by Gasteiger charge is -2.29. The largest absolute Gasteiger partial charge is 0.393 e. The van der Waals surface area contributed by atoms with Crippen LogP contribution in [0.25, 0.3) is 0 Å². The van der Waals surface area contributed by atoms with Gasteiger partial charge in [0.05, 0.1) is 29.8 Å². The van der Waals surface area contributed by atoms with E-state index >= 15 is 0 Å². The molecule has 0 saturated carbocycles. The van der Waals surface area contributed by atoms with E-state index in [0.29, 0.717) is 4.99 Å². The van der Waals surface area contributed by atoms with Gasteiger partial charge in [0.25, 0.3) is 0 Å². The third-order valence-electron chi connectivity index (χ3n) is 2.83. The molecule has 1 fully saturated rings. The molecule has 6 heteroatoms. The zero-order valence-corrected chi connectivity index (χ0v) is 10.4. The van der Waals surface area contributed by atoms with Crippen molar-refractivity contribution in [2.75, 3.05) is 32.8 Å². The number of nitrogens with two attached hydrogens (primary N) is 1. The number of morpholine rings is 1. The van der Waals surface area contributed by atoms with Crippen molar-refractivity contribution in [3.8, 4) is 0 Å². The van der Waals surface area contributed by atoms with E-state index in [1.807, 2.05) is 0 Å². The summed E-state index contributed by atoms with van der Waals surface area (Å²) in [5, 5.41) is 0. The summed E-state index contributed by atoms with van der Waals surface area (Å²) in [7, 11) is 0. The van der Waals surface area contributed by atoms with Gasteiger partial charge in [0.15, 0.2) is 0 Å². The van der Waals surface area contributed by atoms with Crippen LogP contribution in [0.4, 0.5) is 0 Å². The second kappa shape index (κ2) is 6.00. The van der Waals surface area contributed by atoms with E-state index in [1.54, 1.807) is 18.6 Å². The van der Waals surface area contributed by atoms with Crippen LogP contribution in [0.2, 0.25) is 0 Å². The number of thiocarbonyl (C=S) groups is 1. The first-order valence-electron chi connectivity index (χ1n) is 5.62. The van der Waals surface area contributed by atoms with Crippen LogP contribution in [0.3, 0.4) is 0 Å². The van der Waals surface area contributed by atoms with Gasteiger partial charge in [-0.3, -0.25) is 14.9 Å². The molecule has 0 spiro atoms. The summed E-state index contributed by atoms with van der Waals surface area (Å²) in [6.45, 7) is 4.16. The molecule has 0 radical (unpaired) electrons. The Hall–Kier alpha value is -1.11. The van der Waals surface area contributed by atoms with Gasteiger partial charge in [-0.25, -0.2) is 0 Å². The number of nitrogens with zero attached hydrogens (tertiary/aromatic N) is 3. The molecule has 0 aromatic carbocycles. The lowest BCUT2D eigenvalue weighted by molar-refractivity contribution is 0.0373. The molecule has 1 atom stereocenters. The van der Waals surface area contributed by atoms with Gasteiger partial charge in [0.1, 0.15) is 0 Å². The second-order valence-electron chi connectivity index (χ2n) is 4.00. The molecule has 2 heterocycles. The van der Waals surface area contributed by atoms with Crippen molar-refractivity contribution in [1.82, 2.24) is 14.9 Å². The van der Waals surface area contributed by atoms with Gasteiger partial charge in [0, 0.05) is 38.2 Å². The Morgan fingerprint density at radius 2 is 2.24 bits per heavy atom. The second-order valence-corrected chi connectivity index (χ2v) is 4.47. The first-order chi connectivity index (χ1) is 8.27. The average Bonchev–Trinajstić information content (AvgIpc) is 2.38. The van der Waals surface area contributed by atoms with Crippen molar-refractivity contribution in [3.63, 3.8) is 0 Å². The summed E-state index contributed by atoms with van der Waals surface area (Å²) >= 11 is 5.12. The molecule has 2 rings (SSSR count). The molecular formula is C11H16N4OS. The standard InChI is InChI=1S/C11H16N4OS/c12-11(17)9(10-7-13-1-2-14-10)8-15-3-5-16-6-4-15/h1-2,7,9H,3-6,8H2,(H2,12,17). The van der Waals surface area contributed by atoms with Crippen LogP contribution in [0.1, 0.15) is 11.6 Å². The van der Waals surface area contributed by atoms with Gasteiger partial charge < -0.3 is 10.5 Å². The molecule has 2 N–H and O–H groups in total. The lowest BCUT2D eigenvalue weighted by atomic mass is 10.1. The summed E-state index contributed by atoms with van der Waals surface area (Å²) in [5.41, 5.74) is 6.63. The Kier molecular flexibility index (Phi) is 4.36. The molecule has 92 valence electrons. The molecule has 1 aromatic rings. The van der Waals surface area contributed by atoms with E-state index < -0.39 is 0 Å². The quantitative estimate of drug-likeness (QED) is 0.771. The van der Waals surface area contributed by atoms with Crippen LogP contribution in [0.15, 0.2) is 18.6 Å². The van der Waals surface area contributed by atoms with Crippen LogP contribution < -0.4 is 5.73 Å². The summed E-state index contributed by atoms with van der Waals surface area (Å²) < 4.78 is 5.31. The van der Waals surface area contributed by atoms with Crippen molar-refractivity contribution in [1.29, 1.82) is 0 Å². The maximum Gasteiger partial charge on any atom is 0.0832 e. The van der Waals surface area contributed by atoms with Crippen LogP contribution in [0, 0.1) is 0 Å². The number of aromatic nitrogens is 2. The van der Waals surface area contributed by atoms with Gasteiger partial charge in [-0.15, -0.1) is 0 Å². The Morgan fingerprint density at radius 1 is 1.47 bits per heavy atom. The van der Waals surface area contributed by atoms with Crippen molar-refractivity contribution >= 4 is 17.2 Å². The molecule has 0 amide bonds. The van der Waals surface area contributed by atoms with E-state index in [-0.39, 0.29) is 5.92 Å².